The zero-order valence-corrected chi connectivity index (χ0v) is 33.0. The summed E-state index contributed by atoms with van der Waals surface area (Å²) in [7, 11) is 13.9. The second-order valence-electron chi connectivity index (χ2n) is 14.1. The molecule has 4 aliphatic rings. The van der Waals surface area contributed by atoms with Gasteiger partial charge in [-0.05, 0) is 77.0 Å². The second kappa shape index (κ2) is 18.4. The molecule has 2 aromatic rings. The van der Waals surface area contributed by atoms with E-state index in [1.807, 2.05) is 6.92 Å². The second-order valence-corrected chi connectivity index (χ2v) is 26.7. The Balaban J connectivity index is 0.000000192. The molecule has 1 saturated heterocycles. The number of hydrogen-bond acceptors (Lipinski definition) is 3. The standard InChI is InChI=1S/C18H20N2.C18H33P.C3H6O.2ClH.Ru/c1-15-4-8-17(9-5-15)19-12-3-13-20(14-19)18-10-6-16(2)7-11-18;1-4-10-16(11-5-1)19(17-12-6-2-7-13-17)18-14-8-3-9-15-18;1-3-4-2;;;/h4-11H,3,12-13H2,1-2H3;16-18H,1-15H2;2H,3H2,1H3;2*1H;/q;;;;;+2/p-1. The first kappa shape index (κ1) is 36.6. The minimum atomic E-state index is -3.36. The first-order valence-corrected chi connectivity index (χ1v) is 26.4. The zero-order chi connectivity index (χ0) is 32.4. The quantitative estimate of drug-likeness (QED) is 0.206. The summed E-state index contributed by atoms with van der Waals surface area (Å²) in [5.41, 5.74) is 8.38. The molecule has 6 rings (SSSR count). The average Bonchev–Trinajstić information content (AvgIpc) is 3.10. The molecule has 1 aliphatic heterocycles. The van der Waals surface area contributed by atoms with Crippen LogP contribution in [0.2, 0.25) is 0 Å². The molecule has 7 heteroatoms. The van der Waals surface area contributed by atoms with Crippen molar-refractivity contribution >= 4 is 47.8 Å². The van der Waals surface area contributed by atoms with Crippen LogP contribution in [0.1, 0.15) is 121 Å². The molecule has 3 saturated carbocycles. The van der Waals surface area contributed by atoms with Crippen LogP contribution in [-0.4, -0.2) is 45.8 Å². The summed E-state index contributed by atoms with van der Waals surface area (Å²) >= 11 is -3.36. The van der Waals surface area contributed by atoms with Gasteiger partial charge in [-0.1, -0.05) is 19.3 Å². The molecule has 0 bridgehead atoms. The number of nitrogens with zero attached hydrogens (tertiary/aromatic N) is 2. The predicted octanol–water partition coefficient (Wildman–Crippen LogP) is 11.6. The molecular weight excluding hydrogens is 715 g/mol. The van der Waals surface area contributed by atoms with Gasteiger partial charge in [0.05, 0.1) is 17.0 Å². The third kappa shape index (κ3) is 9.97. The Hall–Kier alpha value is -0.627. The average molecular weight is 776 g/mol. The number of benzene rings is 2. The van der Waals surface area contributed by atoms with Crippen LogP contribution >= 0.6 is 27.3 Å². The van der Waals surface area contributed by atoms with Gasteiger partial charge in [0.25, 0.3) is 0 Å². The van der Waals surface area contributed by atoms with E-state index < -0.39 is 11.9 Å². The third-order valence-corrected chi connectivity index (χ3v) is 20.2. The Kier molecular flexibility index (Phi) is 14.7. The van der Waals surface area contributed by atoms with E-state index >= 15 is 0 Å². The van der Waals surface area contributed by atoms with E-state index in [4.69, 9.17) is 24.1 Å². The van der Waals surface area contributed by atoms with E-state index in [0.29, 0.717) is 6.61 Å². The van der Waals surface area contributed by atoms with E-state index in [1.54, 1.807) is 101 Å². The molecule has 0 amide bonds. The van der Waals surface area contributed by atoms with Crippen LogP contribution in [0.15, 0.2) is 48.5 Å². The van der Waals surface area contributed by atoms with Crippen molar-refractivity contribution in [3.8, 4) is 0 Å². The molecule has 4 fully saturated rings. The van der Waals surface area contributed by atoms with Gasteiger partial charge >= 0.3 is 173 Å². The fraction of sp³-hybridized carbons (Fsp3) is 0.641. The number of anilines is 2. The van der Waals surface area contributed by atoms with E-state index in [9.17, 15) is 0 Å². The van der Waals surface area contributed by atoms with Gasteiger partial charge in [0, 0.05) is 7.92 Å². The van der Waals surface area contributed by atoms with E-state index in [1.165, 1.54) is 28.1 Å². The van der Waals surface area contributed by atoms with E-state index in [-0.39, 0.29) is 7.92 Å². The summed E-state index contributed by atoms with van der Waals surface area (Å²) in [6.45, 7) is 8.48. The van der Waals surface area contributed by atoms with Crippen LogP contribution in [0.5, 0.6) is 0 Å². The zero-order valence-electron chi connectivity index (χ0n) is 28.8. The van der Waals surface area contributed by atoms with Gasteiger partial charge in [-0.15, -0.1) is 0 Å². The number of rotatable bonds is 7. The fourth-order valence-electron chi connectivity index (χ4n) is 8.36. The molecule has 258 valence electrons. The van der Waals surface area contributed by atoms with Crippen LogP contribution in [0.4, 0.5) is 11.4 Å². The van der Waals surface area contributed by atoms with Gasteiger partial charge in [-0.3, -0.25) is 0 Å². The van der Waals surface area contributed by atoms with Gasteiger partial charge < -0.3 is 0 Å². The number of ether oxygens (including phenoxy) is 1. The summed E-state index contributed by atoms with van der Waals surface area (Å²) < 4.78 is 6.54. The topological polar surface area (TPSA) is 15.7 Å². The molecule has 0 aromatic heterocycles. The van der Waals surface area contributed by atoms with Crippen LogP contribution < -0.4 is 9.80 Å². The molecule has 0 N–H and O–H groups in total. The summed E-state index contributed by atoms with van der Waals surface area (Å²) in [4.78, 5) is 6.23. The number of halogens is 2. The molecule has 0 atom stereocenters. The summed E-state index contributed by atoms with van der Waals surface area (Å²) in [5, 5.41) is 0. The van der Waals surface area contributed by atoms with Crippen LogP contribution in [0.3, 0.4) is 0 Å². The number of aryl methyl sites for hydroxylation is 2. The molecule has 0 unspecified atom stereocenters. The van der Waals surface area contributed by atoms with Crippen molar-refractivity contribution in [3.63, 3.8) is 0 Å². The Bertz CT molecular complexity index is 1220. The van der Waals surface area contributed by atoms with Crippen LogP contribution in [0.25, 0.3) is 0 Å². The molecule has 2 aromatic carbocycles. The monoisotopic (exact) mass is 775 g/mol. The first-order chi connectivity index (χ1) is 22.4. The van der Waals surface area contributed by atoms with E-state index in [0.717, 1.165) is 35.2 Å². The first-order valence-electron chi connectivity index (χ1n) is 18.4. The van der Waals surface area contributed by atoms with Crippen molar-refractivity contribution < 1.29 is 16.6 Å². The van der Waals surface area contributed by atoms with Crippen molar-refractivity contribution in [3.05, 3.63) is 59.7 Å². The van der Waals surface area contributed by atoms with Crippen molar-refractivity contribution in [2.24, 2.45) is 0 Å². The van der Waals surface area contributed by atoms with Crippen LogP contribution in [-0.2, 0) is 16.6 Å². The molecular formula is C39H60Cl2N2OPRu+. The Labute approximate surface area is 292 Å². The Morgan fingerprint density at radius 2 is 1.00 bits per heavy atom. The van der Waals surface area contributed by atoms with Gasteiger partial charge in [0.1, 0.15) is 0 Å². The molecule has 1 heterocycles. The van der Waals surface area contributed by atoms with Crippen LogP contribution in [0, 0.1) is 13.8 Å². The van der Waals surface area contributed by atoms with Gasteiger partial charge in [0.15, 0.2) is 0 Å². The molecule has 0 spiro atoms. The van der Waals surface area contributed by atoms with Crippen molar-refractivity contribution in [2.75, 3.05) is 29.5 Å². The maximum atomic E-state index is 6.98. The molecule has 46 heavy (non-hydrogen) atoms. The number of hydrogen-bond donors (Lipinski definition) is 0. The molecule has 3 aliphatic carbocycles. The summed E-state index contributed by atoms with van der Waals surface area (Å²) in [6.07, 6.45) is 24.8. The minimum absolute atomic E-state index is 0.0465. The Morgan fingerprint density at radius 3 is 1.35 bits per heavy atom. The van der Waals surface area contributed by atoms with Crippen molar-refractivity contribution in [1.29, 1.82) is 0 Å². The summed E-state index contributed by atoms with van der Waals surface area (Å²) in [5.74, 6) is 0. The molecule has 0 radical (unpaired) electrons. The van der Waals surface area contributed by atoms with E-state index in [2.05, 4.69) is 72.2 Å². The fourth-order valence-corrected chi connectivity index (χ4v) is 18.7. The van der Waals surface area contributed by atoms with Gasteiger partial charge in [-0.25, -0.2) is 0 Å². The van der Waals surface area contributed by atoms with Crippen molar-refractivity contribution in [2.45, 2.75) is 140 Å². The van der Waals surface area contributed by atoms with Gasteiger partial charge in [0.2, 0.25) is 0 Å². The SMILES string of the molecule is C1CCC([PH+](C2CCCCC2)C2CCCCC2)CC1.CCO[CH]=[Ru]([Cl])([Cl])=[C]1N(c2ccc(C)cc2)CCCN1c1ccc(C)cc1. The summed E-state index contributed by atoms with van der Waals surface area (Å²) in [6, 6.07) is 17.0. The normalized spacial score (nSPS) is 21.2. The molecule has 3 nitrogen and oxygen atoms in total. The maximum absolute atomic E-state index is 6.98. The Morgan fingerprint density at radius 1 is 0.630 bits per heavy atom. The van der Waals surface area contributed by atoms with Gasteiger partial charge in [-0.2, -0.15) is 0 Å². The third-order valence-electron chi connectivity index (χ3n) is 10.7. The predicted molar refractivity (Wildman–Crippen MR) is 205 cm³/mol. The van der Waals surface area contributed by atoms with Crippen molar-refractivity contribution in [1.82, 2.24) is 0 Å².